The summed E-state index contributed by atoms with van der Waals surface area (Å²) in [6.45, 7) is 2.35. The molecule has 1 N–H and O–H groups in total. The maximum Gasteiger partial charge on any atom is 0.330 e. The highest BCUT2D eigenvalue weighted by Gasteiger charge is 2.18. The lowest BCUT2D eigenvalue weighted by molar-refractivity contribution is 0.0524. The van der Waals surface area contributed by atoms with E-state index in [4.69, 9.17) is 4.74 Å². The normalized spacial score (nSPS) is 21.4. The molecule has 0 aliphatic carbocycles. The van der Waals surface area contributed by atoms with Crippen molar-refractivity contribution in [2.24, 2.45) is 0 Å². The Labute approximate surface area is 80.3 Å². The molecule has 1 atom stereocenters. The Morgan fingerprint density at radius 3 is 3.00 bits per heavy atom. The molecular weight excluding hydrogens is 184 g/mol. The van der Waals surface area contributed by atoms with Crippen LogP contribution in [0, 0.1) is 6.92 Å². The third-order valence-electron chi connectivity index (χ3n) is 2.36. The molecule has 1 aliphatic rings. The Morgan fingerprint density at radius 1 is 1.57 bits per heavy atom. The van der Waals surface area contributed by atoms with Crippen molar-refractivity contribution < 1.29 is 4.74 Å². The van der Waals surface area contributed by atoms with Gasteiger partial charge >= 0.3 is 5.69 Å². The second-order valence-corrected chi connectivity index (χ2v) is 3.45. The fourth-order valence-electron chi connectivity index (χ4n) is 1.58. The summed E-state index contributed by atoms with van der Waals surface area (Å²) in [6.07, 6.45) is 3.12. The molecule has 0 aromatic carbocycles. The smallest absolute Gasteiger partial charge is 0.330 e. The molecule has 0 saturated carbocycles. The molecule has 0 bridgehead atoms. The monoisotopic (exact) mass is 196 g/mol. The molecule has 2 heterocycles. The molecule has 1 aromatic heterocycles. The van der Waals surface area contributed by atoms with E-state index in [1.54, 1.807) is 13.1 Å². The summed E-state index contributed by atoms with van der Waals surface area (Å²) < 4.78 is 6.80. The lowest BCUT2D eigenvalue weighted by Crippen LogP contribution is -2.33. The molecular formula is C9H12N2O3. The van der Waals surface area contributed by atoms with Crippen molar-refractivity contribution in [2.75, 3.05) is 6.61 Å². The van der Waals surface area contributed by atoms with Crippen LogP contribution in [0.3, 0.4) is 0 Å². The zero-order valence-electron chi connectivity index (χ0n) is 7.95. The maximum atomic E-state index is 11.4. The molecule has 1 aromatic rings. The molecule has 76 valence electrons. The fourth-order valence-corrected chi connectivity index (χ4v) is 1.58. The van der Waals surface area contributed by atoms with E-state index in [1.807, 2.05) is 0 Å². The summed E-state index contributed by atoms with van der Waals surface area (Å²) in [6, 6.07) is 0. The average molecular weight is 196 g/mol. The van der Waals surface area contributed by atoms with Crippen molar-refractivity contribution in [1.82, 2.24) is 9.55 Å². The van der Waals surface area contributed by atoms with Gasteiger partial charge in [-0.2, -0.15) is 0 Å². The topological polar surface area (TPSA) is 64.1 Å². The van der Waals surface area contributed by atoms with E-state index in [1.165, 1.54) is 4.57 Å². The first-order valence-electron chi connectivity index (χ1n) is 4.62. The predicted molar refractivity (Wildman–Crippen MR) is 50.3 cm³/mol. The highest BCUT2D eigenvalue weighted by molar-refractivity contribution is 5.01. The molecule has 14 heavy (non-hydrogen) atoms. The number of hydrogen-bond acceptors (Lipinski definition) is 3. The molecule has 0 spiro atoms. The van der Waals surface area contributed by atoms with Gasteiger partial charge < -0.3 is 4.74 Å². The van der Waals surface area contributed by atoms with Crippen molar-refractivity contribution in [3.8, 4) is 0 Å². The Morgan fingerprint density at radius 2 is 2.36 bits per heavy atom. The summed E-state index contributed by atoms with van der Waals surface area (Å²) in [4.78, 5) is 24.8. The molecule has 0 radical (unpaired) electrons. The van der Waals surface area contributed by atoms with Gasteiger partial charge in [0.2, 0.25) is 0 Å². The van der Waals surface area contributed by atoms with Crippen LogP contribution in [-0.4, -0.2) is 16.2 Å². The average Bonchev–Trinajstić information content (AvgIpc) is 2.64. The number of rotatable bonds is 1. The molecule has 1 fully saturated rings. The second kappa shape index (κ2) is 3.42. The van der Waals surface area contributed by atoms with Gasteiger partial charge in [-0.15, -0.1) is 0 Å². The molecule has 1 aliphatic heterocycles. The summed E-state index contributed by atoms with van der Waals surface area (Å²) in [5.74, 6) is 0. The van der Waals surface area contributed by atoms with Crippen LogP contribution in [0.2, 0.25) is 0 Å². The third kappa shape index (κ3) is 1.50. The predicted octanol–water partition coefficient (Wildman–Crippen LogP) is 0.154. The number of aromatic amines is 1. The van der Waals surface area contributed by atoms with Crippen LogP contribution in [0.15, 0.2) is 15.8 Å². The van der Waals surface area contributed by atoms with Crippen LogP contribution in [0.5, 0.6) is 0 Å². The van der Waals surface area contributed by atoms with E-state index >= 15 is 0 Å². The quantitative estimate of drug-likeness (QED) is 0.695. The minimum atomic E-state index is -0.396. The van der Waals surface area contributed by atoms with Crippen molar-refractivity contribution >= 4 is 0 Å². The van der Waals surface area contributed by atoms with Crippen molar-refractivity contribution in [2.45, 2.75) is 26.0 Å². The van der Waals surface area contributed by atoms with Crippen molar-refractivity contribution in [1.29, 1.82) is 0 Å². The van der Waals surface area contributed by atoms with Crippen molar-refractivity contribution in [3.63, 3.8) is 0 Å². The standard InChI is InChI=1S/C9H12N2O3/c1-6-5-11(7-3-2-4-14-7)9(13)10-8(6)12/h5,7H,2-4H2,1H3,(H,10,12,13)/t7-/m0/s1. The Hall–Kier alpha value is -1.36. The van der Waals surface area contributed by atoms with Crippen LogP contribution < -0.4 is 11.2 Å². The number of H-pyrrole nitrogens is 1. The molecule has 5 heteroatoms. The van der Waals surface area contributed by atoms with Gasteiger partial charge in [0.25, 0.3) is 5.56 Å². The molecule has 1 saturated heterocycles. The zero-order valence-corrected chi connectivity index (χ0v) is 7.95. The summed E-state index contributed by atoms with van der Waals surface area (Å²) >= 11 is 0. The van der Waals surface area contributed by atoms with E-state index in [0.717, 1.165) is 12.8 Å². The third-order valence-corrected chi connectivity index (χ3v) is 2.36. The Kier molecular flexibility index (Phi) is 2.25. The number of ether oxygens (including phenoxy) is 1. The van der Waals surface area contributed by atoms with E-state index in [9.17, 15) is 9.59 Å². The first-order valence-corrected chi connectivity index (χ1v) is 4.62. The van der Waals surface area contributed by atoms with E-state index < -0.39 is 5.69 Å². The summed E-state index contributed by atoms with van der Waals surface area (Å²) in [5.41, 5.74) is -0.197. The van der Waals surface area contributed by atoms with Crippen LogP contribution in [0.1, 0.15) is 24.6 Å². The first-order chi connectivity index (χ1) is 6.68. The van der Waals surface area contributed by atoms with E-state index in [0.29, 0.717) is 12.2 Å². The van der Waals surface area contributed by atoms with Crippen molar-refractivity contribution in [3.05, 3.63) is 32.6 Å². The van der Waals surface area contributed by atoms with Gasteiger partial charge in [0.15, 0.2) is 0 Å². The van der Waals surface area contributed by atoms with Gasteiger partial charge in [-0.1, -0.05) is 0 Å². The van der Waals surface area contributed by atoms with Crippen LogP contribution in [-0.2, 0) is 4.74 Å². The molecule has 2 rings (SSSR count). The number of aromatic nitrogens is 2. The second-order valence-electron chi connectivity index (χ2n) is 3.45. The molecule has 0 amide bonds. The van der Waals surface area contributed by atoms with Gasteiger partial charge in [-0.3, -0.25) is 14.3 Å². The Balaban J connectivity index is 2.47. The lowest BCUT2D eigenvalue weighted by Gasteiger charge is -2.12. The van der Waals surface area contributed by atoms with Gasteiger partial charge in [0.1, 0.15) is 6.23 Å². The van der Waals surface area contributed by atoms with Gasteiger partial charge in [-0.25, -0.2) is 4.79 Å². The number of nitrogens with one attached hydrogen (secondary N) is 1. The van der Waals surface area contributed by atoms with Crippen LogP contribution in [0.25, 0.3) is 0 Å². The summed E-state index contributed by atoms with van der Waals surface area (Å²) in [5, 5.41) is 0. The number of hydrogen-bond donors (Lipinski definition) is 1. The SMILES string of the molecule is Cc1cn([C@@H]2CCCO2)c(=O)[nH]c1=O. The lowest BCUT2D eigenvalue weighted by atomic mass is 10.3. The van der Waals surface area contributed by atoms with Crippen LogP contribution >= 0.6 is 0 Å². The van der Waals surface area contributed by atoms with E-state index in [-0.39, 0.29) is 11.8 Å². The number of aryl methyl sites for hydroxylation is 1. The van der Waals surface area contributed by atoms with Crippen LogP contribution in [0.4, 0.5) is 0 Å². The van der Waals surface area contributed by atoms with Gasteiger partial charge in [0.05, 0.1) is 0 Å². The minimum absolute atomic E-state index is 0.210. The Bertz CT molecular complexity index is 440. The first kappa shape index (κ1) is 9.21. The molecule has 0 unspecified atom stereocenters. The number of nitrogens with zero attached hydrogens (tertiary/aromatic N) is 1. The van der Waals surface area contributed by atoms with E-state index in [2.05, 4.69) is 4.98 Å². The largest absolute Gasteiger partial charge is 0.358 e. The van der Waals surface area contributed by atoms with Gasteiger partial charge in [0, 0.05) is 18.4 Å². The zero-order chi connectivity index (χ0) is 10.1. The summed E-state index contributed by atoms with van der Waals surface area (Å²) in [7, 11) is 0. The highest BCUT2D eigenvalue weighted by Crippen LogP contribution is 2.20. The minimum Gasteiger partial charge on any atom is -0.358 e. The van der Waals surface area contributed by atoms with Gasteiger partial charge in [-0.05, 0) is 19.8 Å². The fraction of sp³-hybridized carbons (Fsp3) is 0.556. The molecule has 5 nitrogen and oxygen atoms in total. The maximum absolute atomic E-state index is 11.4. The highest BCUT2D eigenvalue weighted by atomic mass is 16.5.